The highest BCUT2D eigenvalue weighted by Crippen LogP contribution is 2.29. The van der Waals surface area contributed by atoms with E-state index in [4.69, 9.17) is 0 Å². The van der Waals surface area contributed by atoms with E-state index in [-0.39, 0.29) is 0 Å². The molecule has 116 valence electrons. The molecular formula is C19H30N2. The third-order valence-corrected chi connectivity index (χ3v) is 5.40. The van der Waals surface area contributed by atoms with Crippen LogP contribution >= 0.6 is 0 Å². The van der Waals surface area contributed by atoms with Gasteiger partial charge in [0.05, 0.1) is 0 Å². The molecule has 2 heteroatoms. The molecule has 1 aromatic rings. The van der Waals surface area contributed by atoms with Gasteiger partial charge in [-0.2, -0.15) is 0 Å². The average Bonchev–Trinajstić information content (AvgIpc) is 2.45. The molecule has 0 amide bonds. The van der Waals surface area contributed by atoms with Gasteiger partial charge in [-0.15, -0.1) is 0 Å². The first-order valence-electron chi connectivity index (χ1n) is 8.73. The Bertz CT molecular complexity index is 424. The molecule has 2 nitrogen and oxygen atoms in total. The molecule has 0 aromatic heterocycles. The second kappa shape index (κ2) is 6.93. The maximum Gasteiger partial charge on any atom is 0.0261 e. The number of hydrogen-bond donors (Lipinski definition) is 1. The minimum Gasteiger partial charge on any atom is -0.311 e. The molecule has 1 N–H and O–H groups in total. The number of nitrogens with zero attached hydrogens (tertiary/aromatic N) is 1. The molecule has 0 radical (unpaired) electrons. The van der Waals surface area contributed by atoms with Gasteiger partial charge in [-0.3, -0.25) is 4.90 Å². The van der Waals surface area contributed by atoms with Gasteiger partial charge in [-0.1, -0.05) is 50.6 Å². The Hall–Kier alpha value is -0.860. The average molecular weight is 286 g/mol. The summed E-state index contributed by atoms with van der Waals surface area (Å²) in [6, 6.07) is 12.3. The predicted molar refractivity (Wildman–Crippen MR) is 89.5 cm³/mol. The lowest BCUT2D eigenvalue weighted by molar-refractivity contribution is 0.0774. The normalized spacial score (nSPS) is 27.8. The van der Waals surface area contributed by atoms with Crippen molar-refractivity contribution in [3.05, 3.63) is 35.9 Å². The second-order valence-corrected chi connectivity index (χ2v) is 7.35. The van der Waals surface area contributed by atoms with Crippen LogP contribution in [0.2, 0.25) is 0 Å². The first-order valence-corrected chi connectivity index (χ1v) is 8.73. The lowest BCUT2D eigenvalue weighted by Crippen LogP contribution is -2.59. The van der Waals surface area contributed by atoms with Gasteiger partial charge in [0.25, 0.3) is 0 Å². The first-order chi connectivity index (χ1) is 10.2. The maximum absolute atomic E-state index is 3.79. The van der Waals surface area contributed by atoms with E-state index < -0.39 is 0 Å². The molecule has 3 rings (SSSR count). The molecular weight excluding hydrogens is 256 g/mol. The number of benzene rings is 1. The van der Waals surface area contributed by atoms with Crippen molar-refractivity contribution in [3.63, 3.8) is 0 Å². The van der Waals surface area contributed by atoms with Crippen LogP contribution in [0.15, 0.2) is 30.3 Å². The molecule has 1 aliphatic heterocycles. The molecule has 0 bridgehead atoms. The van der Waals surface area contributed by atoms with Crippen molar-refractivity contribution in [2.45, 2.75) is 51.6 Å². The zero-order valence-corrected chi connectivity index (χ0v) is 13.6. The molecule has 2 aliphatic rings. The van der Waals surface area contributed by atoms with Crippen LogP contribution in [0.4, 0.5) is 0 Å². The molecule has 1 saturated carbocycles. The van der Waals surface area contributed by atoms with Gasteiger partial charge in [0, 0.05) is 31.7 Å². The number of rotatable bonds is 5. The van der Waals surface area contributed by atoms with Crippen molar-refractivity contribution in [1.29, 1.82) is 0 Å². The molecule has 21 heavy (non-hydrogen) atoms. The Kier molecular flexibility index (Phi) is 4.97. The van der Waals surface area contributed by atoms with Crippen molar-refractivity contribution in [2.75, 3.05) is 19.6 Å². The summed E-state index contributed by atoms with van der Waals surface area (Å²) in [5.41, 5.74) is 1.48. The number of hydrogen-bond acceptors (Lipinski definition) is 2. The summed E-state index contributed by atoms with van der Waals surface area (Å²) in [7, 11) is 0. The standard InChI is InChI=1S/C19H30N2/c1-15(2)19-14-21(13-17-9-6-10-17)18(12-20-19)11-16-7-4-3-5-8-16/h3-5,7-8,15,17-20H,6,9-14H2,1-2H3. The zero-order chi connectivity index (χ0) is 14.7. The monoisotopic (exact) mass is 286 g/mol. The van der Waals surface area contributed by atoms with E-state index >= 15 is 0 Å². The smallest absolute Gasteiger partial charge is 0.0261 e. The lowest BCUT2D eigenvalue weighted by atomic mass is 9.84. The van der Waals surface area contributed by atoms with Crippen LogP contribution in [0, 0.1) is 11.8 Å². The summed E-state index contributed by atoms with van der Waals surface area (Å²) in [6.45, 7) is 8.38. The fourth-order valence-corrected chi connectivity index (χ4v) is 3.65. The molecule has 2 atom stereocenters. The Balaban J connectivity index is 1.64. The minimum absolute atomic E-state index is 0.664. The highest BCUT2D eigenvalue weighted by Gasteiger charge is 2.32. The van der Waals surface area contributed by atoms with Crippen molar-refractivity contribution < 1.29 is 0 Å². The van der Waals surface area contributed by atoms with Gasteiger partial charge in [0.1, 0.15) is 0 Å². The summed E-state index contributed by atoms with van der Waals surface area (Å²) >= 11 is 0. The van der Waals surface area contributed by atoms with Gasteiger partial charge in [0.2, 0.25) is 0 Å². The van der Waals surface area contributed by atoms with E-state index in [2.05, 4.69) is 54.4 Å². The van der Waals surface area contributed by atoms with E-state index in [9.17, 15) is 0 Å². The van der Waals surface area contributed by atoms with Crippen molar-refractivity contribution in [1.82, 2.24) is 10.2 Å². The van der Waals surface area contributed by atoms with Gasteiger partial charge in [0.15, 0.2) is 0 Å². The van der Waals surface area contributed by atoms with Crippen LogP contribution < -0.4 is 5.32 Å². The molecule has 2 unspecified atom stereocenters. The molecule has 1 aliphatic carbocycles. The van der Waals surface area contributed by atoms with E-state index in [1.807, 2.05) is 0 Å². The SMILES string of the molecule is CC(C)C1CN(CC2CCC2)C(Cc2ccccc2)CN1. The van der Waals surface area contributed by atoms with Gasteiger partial charge in [-0.25, -0.2) is 0 Å². The van der Waals surface area contributed by atoms with Crippen molar-refractivity contribution in [2.24, 2.45) is 11.8 Å². The molecule has 1 heterocycles. The Morgan fingerprint density at radius 1 is 1.19 bits per heavy atom. The third-order valence-electron chi connectivity index (χ3n) is 5.40. The Labute approximate surface area is 129 Å². The quantitative estimate of drug-likeness (QED) is 0.893. The van der Waals surface area contributed by atoms with Crippen LogP contribution in [0.1, 0.15) is 38.7 Å². The molecule has 0 spiro atoms. The summed E-state index contributed by atoms with van der Waals surface area (Å²) in [4.78, 5) is 2.79. The van der Waals surface area contributed by atoms with E-state index in [0.717, 1.165) is 18.4 Å². The fourth-order valence-electron chi connectivity index (χ4n) is 3.65. The largest absolute Gasteiger partial charge is 0.311 e. The van der Waals surface area contributed by atoms with Crippen molar-refractivity contribution in [3.8, 4) is 0 Å². The minimum atomic E-state index is 0.664. The maximum atomic E-state index is 3.79. The van der Waals surface area contributed by atoms with Gasteiger partial charge in [-0.05, 0) is 36.7 Å². The highest BCUT2D eigenvalue weighted by atomic mass is 15.2. The van der Waals surface area contributed by atoms with E-state index in [1.54, 1.807) is 0 Å². The fraction of sp³-hybridized carbons (Fsp3) is 0.684. The van der Waals surface area contributed by atoms with E-state index in [0.29, 0.717) is 12.1 Å². The second-order valence-electron chi connectivity index (χ2n) is 7.35. The van der Waals surface area contributed by atoms with Crippen LogP contribution in [-0.2, 0) is 6.42 Å². The van der Waals surface area contributed by atoms with Gasteiger partial charge >= 0.3 is 0 Å². The first kappa shape index (κ1) is 15.1. The summed E-state index contributed by atoms with van der Waals surface area (Å²) in [5.74, 6) is 1.70. The topological polar surface area (TPSA) is 15.3 Å². The van der Waals surface area contributed by atoms with Crippen LogP contribution in [-0.4, -0.2) is 36.6 Å². The summed E-state index contributed by atoms with van der Waals surface area (Å²) in [6.07, 6.45) is 5.54. The summed E-state index contributed by atoms with van der Waals surface area (Å²) in [5, 5.41) is 3.79. The van der Waals surface area contributed by atoms with Crippen LogP contribution in [0.25, 0.3) is 0 Å². The third kappa shape index (κ3) is 3.87. The lowest BCUT2D eigenvalue weighted by Gasteiger charge is -2.44. The number of piperazine rings is 1. The Morgan fingerprint density at radius 3 is 2.57 bits per heavy atom. The molecule has 1 aromatic carbocycles. The van der Waals surface area contributed by atoms with Crippen molar-refractivity contribution >= 4 is 0 Å². The van der Waals surface area contributed by atoms with E-state index in [1.165, 1.54) is 44.3 Å². The number of nitrogens with one attached hydrogen (secondary N) is 1. The van der Waals surface area contributed by atoms with Crippen LogP contribution in [0.3, 0.4) is 0 Å². The van der Waals surface area contributed by atoms with Gasteiger partial charge < -0.3 is 5.32 Å². The molecule has 1 saturated heterocycles. The zero-order valence-electron chi connectivity index (χ0n) is 13.6. The Morgan fingerprint density at radius 2 is 1.95 bits per heavy atom. The highest BCUT2D eigenvalue weighted by molar-refractivity contribution is 5.16. The summed E-state index contributed by atoms with van der Waals surface area (Å²) < 4.78 is 0. The predicted octanol–water partition coefficient (Wildman–Crippen LogP) is 3.33. The van der Waals surface area contributed by atoms with Crippen LogP contribution in [0.5, 0.6) is 0 Å². The molecule has 2 fully saturated rings.